The SMILES string of the molecule is O=C(CCOCCOCCN1[N+](=O)c2ccccc2C12c1cc3c4c(c1Oc1c2cc2c5c1CCCN5CCC2)CCCN4CCC3)N1CCN(Cc2cn(C3OC(CO)C(O)C(O)C3O)nn2)CC1. The molecule has 70 heavy (non-hydrogen) atoms. The Labute approximate surface area is 406 Å². The average molecular weight is 963 g/mol. The van der Waals surface area contributed by atoms with E-state index < -0.39 is 42.8 Å². The van der Waals surface area contributed by atoms with E-state index in [9.17, 15) is 30.1 Å². The standard InChI is InChI=1S/C51H64N9O10/c61-31-41-45(63)46(64)47(65)50(69-41)58-30-34(52-53-58)29-54-18-20-55(21-19-54)42(62)13-23-67-25-26-68-24-22-59-51(37-11-1-2-12-40(37)60(59)66)38-27-32-7-3-14-56-16-5-9-35(43(32)56)48(38)70-49-36-10-6-17-57-15-4-8-33(44(36)57)28-39(49)51/h1-2,11-12,27-28,30,41,45-47,50,61,63-65H,3-10,13-26,29,31H2/q+1. The zero-order valence-electron chi connectivity index (χ0n) is 39.7. The number of nitroso groups, excluding NO2 is 1. The highest BCUT2D eigenvalue weighted by Gasteiger charge is 2.64. The molecule has 8 aliphatic rings. The van der Waals surface area contributed by atoms with Crippen molar-refractivity contribution in [3.8, 4) is 11.5 Å². The van der Waals surface area contributed by atoms with Crippen LogP contribution in [0.3, 0.4) is 0 Å². The molecule has 2 saturated heterocycles. The fraction of sp³-hybridized carbons (Fsp3) is 0.588. The molecule has 0 saturated carbocycles. The third-order valence-corrected chi connectivity index (χ3v) is 16.1. The summed E-state index contributed by atoms with van der Waals surface area (Å²) in [6, 6.07) is 12.9. The molecule has 0 aliphatic carbocycles. The summed E-state index contributed by atoms with van der Waals surface area (Å²) in [6.07, 6.45) is 3.52. The molecular weight excluding hydrogens is 899 g/mol. The Hall–Kier alpha value is -5.25. The molecule has 4 aromatic rings. The molecule has 1 amide bonds. The van der Waals surface area contributed by atoms with Crippen LogP contribution >= 0.6 is 0 Å². The van der Waals surface area contributed by atoms with E-state index in [0.717, 1.165) is 111 Å². The number of aromatic nitrogens is 3. The number of hydrogen-bond acceptors (Lipinski definition) is 15. The first-order valence-corrected chi connectivity index (χ1v) is 25.5. The van der Waals surface area contributed by atoms with E-state index >= 15 is 0 Å². The number of piperazine rings is 1. The van der Waals surface area contributed by atoms with E-state index in [2.05, 4.69) is 49.3 Å². The lowest BCUT2D eigenvalue weighted by Gasteiger charge is -2.46. The number of benzene rings is 3. The predicted molar refractivity (Wildman–Crippen MR) is 254 cm³/mol. The van der Waals surface area contributed by atoms with Crippen molar-refractivity contribution < 1.29 is 49.0 Å². The monoisotopic (exact) mass is 962 g/mol. The van der Waals surface area contributed by atoms with Gasteiger partial charge < -0.3 is 54.1 Å². The molecular formula is C51H64N9O10+. The Morgan fingerprint density at radius 3 is 2.04 bits per heavy atom. The summed E-state index contributed by atoms with van der Waals surface area (Å²) in [7, 11) is 0. The van der Waals surface area contributed by atoms with Crippen molar-refractivity contribution in [3.05, 3.63) is 92.1 Å². The molecule has 4 N–H and O–H groups in total. The number of hydrazine groups is 1. The number of aliphatic hydroxyl groups is 4. The maximum absolute atomic E-state index is 14.9. The largest absolute Gasteiger partial charge is 0.456 e. The van der Waals surface area contributed by atoms with Gasteiger partial charge in [-0.3, -0.25) is 9.69 Å². The van der Waals surface area contributed by atoms with Gasteiger partial charge in [0.1, 0.15) is 42.5 Å². The van der Waals surface area contributed by atoms with Gasteiger partial charge in [0.25, 0.3) is 5.69 Å². The van der Waals surface area contributed by atoms with E-state index in [1.54, 1.807) is 6.20 Å². The highest BCUT2D eigenvalue weighted by atomic mass is 16.6. The summed E-state index contributed by atoms with van der Waals surface area (Å²) in [4.78, 5) is 38.4. The van der Waals surface area contributed by atoms with Crippen LogP contribution in [-0.4, -0.2) is 177 Å². The summed E-state index contributed by atoms with van der Waals surface area (Å²) in [6.45, 7) is 8.07. The zero-order chi connectivity index (χ0) is 47.7. The summed E-state index contributed by atoms with van der Waals surface area (Å²) in [5, 5.41) is 50.6. The van der Waals surface area contributed by atoms with Crippen molar-refractivity contribution in [2.75, 3.05) is 102 Å². The normalized spacial score (nSPS) is 25.3. The topological polar surface area (TPSA) is 202 Å². The lowest BCUT2D eigenvalue weighted by atomic mass is 9.70. The predicted octanol–water partition coefficient (Wildman–Crippen LogP) is 2.45. The Morgan fingerprint density at radius 1 is 0.757 bits per heavy atom. The van der Waals surface area contributed by atoms with Gasteiger partial charge in [-0.25, -0.2) is 4.68 Å². The van der Waals surface area contributed by atoms with Gasteiger partial charge in [0.2, 0.25) is 5.91 Å². The lowest BCUT2D eigenvalue weighted by Crippen LogP contribution is -2.56. The number of aliphatic hydroxyl groups excluding tert-OH is 4. The van der Waals surface area contributed by atoms with Gasteiger partial charge in [0, 0.05) is 98.6 Å². The van der Waals surface area contributed by atoms with Crippen LogP contribution in [0.25, 0.3) is 0 Å². The van der Waals surface area contributed by atoms with E-state index in [-0.39, 0.29) is 18.9 Å². The molecule has 1 aromatic heterocycles. The summed E-state index contributed by atoms with van der Waals surface area (Å²) < 4.78 is 26.5. The lowest BCUT2D eigenvalue weighted by molar-refractivity contribution is -0.645. The molecule has 12 rings (SSSR count). The summed E-state index contributed by atoms with van der Waals surface area (Å²) in [5.74, 6) is 1.88. The first-order chi connectivity index (χ1) is 34.2. The van der Waals surface area contributed by atoms with Gasteiger partial charge in [0.05, 0.1) is 61.8 Å². The van der Waals surface area contributed by atoms with Crippen molar-refractivity contribution in [3.63, 3.8) is 0 Å². The van der Waals surface area contributed by atoms with Gasteiger partial charge in [-0.2, -0.15) is 0 Å². The van der Waals surface area contributed by atoms with Crippen molar-refractivity contribution >= 4 is 23.0 Å². The van der Waals surface area contributed by atoms with Crippen LogP contribution in [0.5, 0.6) is 11.5 Å². The quantitative estimate of drug-likeness (QED) is 0.112. The number of fused-ring (bicyclic) bond motifs is 8. The number of carbonyl (C=O) groups excluding carboxylic acids is 1. The van der Waals surface area contributed by atoms with Gasteiger partial charge in [-0.1, -0.05) is 17.3 Å². The highest BCUT2D eigenvalue weighted by molar-refractivity contribution is 5.80. The molecule has 372 valence electrons. The number of rotatable bonds is 13. The zero-order valence-corrected chi connectivity index (χ0v) is 39.7. The van der Waals surface area contributed by atoms with Crippen molar-refractivity contribution in [2.24, 2.45) is 0 Å². The smallest absolute Gasteiger partial charge is 0.298 e. The van der Waals surface area contributed by atoms with E-state index in [4.69, 9.17) is 18.9 Å². The third-order valence-electron chi connectivity index (χ3n) is 16.1. The average Bonchev–Trinajstić information content (AvgIpc) is 3.95. The molecule has 19 nitrogen and oxygen atoms in total. The number of carbonyl (C=O) groups is 1. The number of amides is 1. The Morgan fingerprint density at radius 2 is 1.39 bits per heavy atom. The molecule has 8 aliphatic heterocycles. The fourth-order valence-corrected chi connectivity index (χ4v) is 12.8. The third kappa shape index (κ3) is 7.57. The summed E-state index contributed by atoms with van der Waals surface area (Å²) >= 11 is 0. The molecule has 5 unspecified atom stereocenters. The molecule has 5 atom stereocenters. The second kappa shape index (κ2) is 18.7. The van der Waals surface area contributed by atoms with Crippen LogP contribution in [0.15, 0.2) is 42.6 Å². The fourth-order valence-electron chi connectivity index (χ4n) is 12.8. The minimum Gasteiger partial charge on any atom is -0.456 e. The minimum atomic E-state index is -1.51. The second-order valence-electron chi connectivity index (χ2n) is 20.1. The van der Waals surface area contributed by atoms with Crippen molar-refractivity contribution in [1.29, 1.82) is 0 Å². The van der Waals surface area contributed by atoms with Crippen molar-refractivity contribution in [2.45, 2.75) is 101 Å². The number of para-hydroxylation sites is 1. The first kappa shape index (κ1) is 45.9. The highest BCUT2D eigenvalue weighted by Crippen LogP contribution is 2.63. The molecule has 9 heterocycles. The van der Waals surface area contributed by atoms with Gasteiger partial charge in [-0.15, -0.1) is 10.1 Å². The molecule has 3 aromatic carbocycles. The minimum absolute atomic E-state index is 0.0202. The number of ether oxygens (including phenoxy) is 4. The van der Waals surface area contributed by atoms with Gasteiger partial charge >= 0.3 is 0 Å². The van der Waals surface area contributed by atoms with Crippen molar-refractivity contribution in [1.82, 2.24) is 29.8 Å². The van der Waals surface area contributed by atoms with E-state index in [0.29, 0.717) is 70.5 Å². The van der Waals surface area contributed by atoms with Crippen LogP contribution in [0.1, 0.15) is 83.0 Å². The molecule has 0 bridgehead atoms. The Bertz CT molecular complexity index is 2570. The first-order valence-electron chi connectivity index (χ1n) is 25.5. The van der Waals surface area contributed by atoms with Crippen LogP contribution in [-0.2, 0) is 56.8 Å². The summed E-state index contributed by atoms with van der Waals surface area (Å²) in [5.41, 5.74) is 11.4. The maximum atomic E-state index is 14.9. The number of anilines is 2. The Kier molecular flexibility index (Phi) is 12.3. The molecule has 1 spiro atoms. The van der Waals surface area contributed by atoms with Crippen LogP contribution in [0, 0.1) is 4.91 Å². The maximum Gasteiger partial charge on any atom is 0.298 e. The van der Waals surface area contributed by atoms with Crippen LogP contribution < -0.4 is 14.5 Å². The van der Waals surface area contributed by atoms with Crippen LogP contribution in [0.4, 0.5) is 17.1 Å². The van der Waals surface area contributed by atoms with Crippen LogP contribution in [0.2, 0.25) is 0 Å². The van der Waals surface area contributed by atoms with E-state index in [1.165, 1.54) is 38.3 Å². The molecule has 19 heteroatoms. The van der Waals surface area contributed by atoms with E-state index in [1.807, 2.05) is 22.0 Å². The van der Waals surface area contributed by atoms with Gasteiger partial charge in [-0.05, 0) is 80.7 Å². The number of hydrogen-bond donors (Lipinski definition) is 4. The number of aryl methyl sites for hydroxylation is 2. The number of nitrogens with zero attached hydrogens (tertiary/aromatic N) is 9. The molecule has 2 fully saturated rings. The Balaban J connectivity index is 0.690. The second-order valence-corrected chi connectivity index (χ2v) is 20.1. The van der Waals surface area contributed by atoms with Gasteiger partial charge in [0.15, 0.2) is 16.6 Å². The molecule has 0 radical (unpaired) electrons.